The lowest BCUT2D eigenvalue weighted by Gasteiger charge is -2.28. The number of hydrogen-bond donors (Lipinski definition) is 2. The molecule has 0 radical (unpaired) electrons. The van der Waals surface area contributed by atoms with Crippen molar-refractivity contribution in [1.82, 2.24) is 10.2 Å². The van der Waals surface area contributed by atoms with Crippen molar-refractivity contribution in [2.24, 2.45) is 0 Å². The van der Waals surface area contributed by atoms with Crippen LogP contribution < -0.4 is 5.32 Å². The molecular weight excluding hydrogens is 208 g/mol. The van der Waals surface area contributed by atoms with E-state index in [1.165, 1.54) is 0 Å². The van der Waals surface area contributed by atoms with Crippen molar-refractivity contribution in [3.05, 3.63) is 0 Å². The van der Waals surface area contributed by atoms with Crippen molar-refractivity contribution in [1.29, 1.82) is 0 Å². The molecule has 5 nitrogen and oxygen atoms in total. The normalized spacial score (nSPS) is 20.6. The smallest absolute Gasteiger partial charge is 0.224 e. The Labute approximate surface area is 96.8 Å². The Morgan fingerprint density at radius 1 is 1.44 bits per heavy atom. The van der Waals surface area contributed by atoms with Crippen LogP contribution in [0.25, 0.3) is 0 Å². The molecule has 0 spiro atoms. The highest BCUT2D eigenvalue weighted by molar-refractivity contribution is 5.76. The molecule has 0 aromatic heterocycles. The molecule has 0 saturated carbocycles. The van der Waals surface area contributed by atoms with Crippen LogP contribution in [0.5, 0.6) is 0 Å². The van der Waals surface area contributed by atoms with Crippen molar-refractivity contribution in [2.45, 2.75) is 32.4 Å². The average molecular weight is 230 g/mol. The van der Waals surface area contributed by atoms with E-state index in [2.05, 4.69) is 5.32 Å². The summed E-state index contributed by atoms with van der Waals surface area (Å²) in [6.07, 6.45) is 0.105. The van der Waals surface area contributed by atoms with Crippen molar-refractivity contribution < 1.29 is 14.6 Å². The molecule has 1 fully saturated rings. The summed E-state index contributed by atoms with van der Waals surface area (Å²) in [5.41, 5.74) is 0. The third kappa shape index (κ3) is 4.92. The first-order valence-electron chi connectivity index (χ1n) is 5.86. The monoisotopic (exact) mass is 230 g/mol. The second kappa shape index (κ2) is 6.83. The summed E-state index contributed by atoms with van der Waals surface area (Å²) in [4.78, 5) is 13.7. The first kappa shape index (κ1) is 13.4. The maximum Gasteiger partial charge on any atom is 0.224 e. The summed E-state index contributed by atoms with van der Waals surface area (Å²) in [5.74, 6) is 0.161. The highest BCUT2D eigenvalue weighted by atomic mass is 16.5. The number of ether oxygens (including phenoxy) is 1. The zero-order chi connectivity index (χ0) is 12.0. The molecule has 0 aliphatic carbocycles. The molecule has 0 aromatic carbocycles. The van der Waals surface area contributed by atoms with E-state index in [4.69, 9.17) is 9.84 Å². The number of carbonyl (C=O) groups is 1. The molecule has 0 bridgehead atoms. The van der Waals surface area contributed by atoms with Crippen molar-refractivity contribution in [2.75, 3.05) is 32.8 Å². The van der Waals surface area contributed by atoms with Gasteiger partial charge in [0.05, 0.1) is 19.3 Å². The number of nitrogens with zero attached hydrogens (tertiary/aromatic N) is 1. The molecule has 1 saturated heterocycles. The molecule has 94 valence electrons. The highest BCUT2D eigenvalue weighted by Gasteiger charge is 2.18. The Hall–Kier alpha value is -0.650. The van der Waals surface area contributed by atoms with Crippen LogP contribution in [0.1, 0.15) is 20.3 Å². The maximum atomic E-state index is 11.8. The Bertz CT molecular complexity index is 215. The summed E-state index contributed by atoms with van der Waals surface area (Å²) in [7, 11) is 0. The summed E-state index contributed by atoms with van der Waals surface area (Å²) >= 11 is 0. The number of hydrogen-bond acceptors (Lipinski definition) is 4. The van der Waals surface area contributed by atoms with E-state index in [0.717, 1.165) is 0 Å². The quantitative estimate of drug-likeness (QED) is 0.674. The first-order valence-corrected chi connectivity index (χ1v) is 5.86. The second-order valence-corrected chi connectivity index (χ2v) is 4.36. The van der Waals surface area contributed by atoms with Gasteiger partial charge in [0.25, 0.3) is 0 Å². The largest absolute Gasteiger partial charge is 0.392 e. The number of carbonyl (C=O) groups excluding carboxylic acids is 1. The Morgan fingerprint density at radius 2 is 2.06 bits per heavy atom. The molecule has 5 heteroatoms. The second-order valence-electron chi connectivity index (χ2n) is 4.36. The minimum Gasteiger partial charge on any atom is -0.392 e. The molecule has 1 unspecified atom stereocenters. The number of morpholine rings is 1. The van der Waals surface area contributed by atoms with Gasteiger partial charge in [-0.15, -0.1) is 0 Å². The van der Waals surface area contributed by atoms with E-state index in [-0.39, 0.29) is 18.1 Å². The highest BCUT2D eigenvalue weighted by Crippen LogP contribution is 2.02. The molecule has 0 aromatic rings. The number of aliphatic hydroxyl groups excluding tert-OH is 1. The van der Waals surface area contributed by atoms with Crippen LogP contribution in [0.3, 0.4) is 0 Å². The first-order chi connectivity index (χ1) is 7.59. The predicted octanol–water partition coefficient (Wildman–Crippen LogP) is -0.406. The fourth-order valence-corrected chi connectivity index (χ4v) is 1.65. The van der Waals surface area contributed by atoms with E-state index in [1.54, 1.807) is 6.92 Å². The van der Waals surface area contributed by atoms with Gasteiger partial charge in [0.15, 0.2) is 0 Å². The topological polar surface area (TPSA) is 61.8 Å². The van der Waals surface area contributed by atoms with Gasteiger partial charge in [0.1, 0.15) is 0 Å². The molecule has 1 heterocycles. The minimum absolute atomic E-state index is 0.102. The van der Waals surface area contributed by atoms with Gasteiger partial charge in [0, 0.05) is 32.1 Å². The summed E-state index contributed by atoms with van der Waals surface area (Å²) in [6, 6.07) is 0.102. The van der Waals surface area contributed by atoms with Gasteiger partial charge in [0.2, 0.25) is 5.91 Å². The van der Waals surface area contributed by atoms with Crippen LogP contribution >= 0.6 is 0 Å². The molecule has 2 atom stereocenters. The van der Waals surface area contributed by atoms with Crippen molar-refractivity contribution in [3.63, 3.8) is 0 Å². The van der Waals surface area contributed by atoms with Gasteiger partial charge in [-0.3, -0.25) is 4.79 Å². The van der Waals surface area contributed by atoms with E-state index in [0.29, 0.717) is 39.3 Å². The van der Waals surface area contributed by atoms with Gasteiger partial charge < -0.3 is 20.1 Å². The Balaban J connectivity index is 2.21. The SMILES string of the molecule is CC(CC(=O)N1CCOCC1)NC[C@@H](C)O. The van der Waals surface area contributed by atoms with E-state index < -0.39 is 0 Å². The zero-order valence-corrected chi connectivity index (χ0v) is 10.1. The minimum atomic E-state index is -0.374. The standard InChI is InChI=1S/C11H22N2O3/c1-9(12-8-10(2)14)7-11(15)13-3-5-16-6-4-13/h9-10,12,14H,3-8H2,1-2H3/t9?,10-/m1/s1. The predicted molar refractivity (Wildman–Crippen MR) is 61.2 cm³/mol. The summed E-state index contributed by atoms with van der Waals surface area (Å²) in [6.45, 7) is 6.88. The third-order valence-electron chi connectivity index (χ3n) is 2.61. The van der Waals surface area contributed by atoms with Gasteiger partial charge in [-0.05, 0) is 13.8 Å². The van der Waals surface area contributed by atoms with Gasteiger partial charge in [-0.1, -0.05) is 0 Å². The molecule has 16 heavy (non-hydrogen) atoms. The van der Waals surface area contributed by atoms with Gasteiger partial charge >= 0.3 is 0 Å². The average Bonchev–Trinajstić information content (AvgIpc) is 2.27. The van der Waals surface area contributed by atoms with Crippen LogP contribution in [-0.4, -0.2) is 60.9 Å². The van der Waals surface area contributed by atoms with Crippen LogP contribution in [0.15, 0.2) is 0 Å². The Morgan fingerprint density at radius 3 is 2.62 bits per heavy atom. The van der Waals surface area contributed by atoms with Crippen LogP contribution in [0.2, 0.25) is 0 Å². The number of nitrogens with one attached hydrogen (secondary N) is 1. The summed E-state index contributed by atoms with van der Waals surface area (Å²) < 4.78 is 5.19. The molecule has 1 aliphatic heterocycles. The van der Waals surface area contributed by atoms with Crippen molar-refractivity contribution >= 4 is 5.91 Å². The fourth-order valence-electron chi connectivity index (χ4n) is 1.65. The van der Waals surface area contributed by atoms with Crippen molar-refractivity contribution in [3.8, 4) is 0 Å². The third-order valence-corrected chi connectivity index (χ3v) is 2.61. The molecular formula is C11H22N2O3. The van der Waals surface area contributed by atoms with Gasteiger partial charge in [-0.25, -0.2) is 0 Å². The zero-order valence-electron chi connectivity index (χ0n) is 10.1. The lowest BCUT2D eigenvalue weighted by Crippen LogP contribution is -2.43. The number of amides is 1. The van der Waals surface area contributed by atoms with Crippen LogP contribution in [0.4, 0.5) is 0 Å². The van der Waals surface area contributed by atoms with Crippen LogP contribution in [-0.2, 0) is 9.53 Å². The number of aliphatic hydroxyl groups is 1. The number of rotatable bonds is 5. The van der Waals surface area contributed by atoms with Gasteiger partial charge in [-0.2, -0.15) is 0 Å². The molecule has 1 amide bonds. The van der Waals surface area contributed by atoms with E-state index in [1.807, 2.05) is 11.8 Å². The molecule has 1 rings (SSSR count). The lowest BCUT2D eigenvalue weighted by atomic mass is 10.2. The van der Waals surface area contributed by atoms with E-state index >= 15 is 0 Å². The summed E-state index contributed by atoms with van der Waals surface area (Å²) in [5, 5.41) is 12.2. The fraction of sp³-hybridized carbons (Fsp3) is 0.909. The van der Waals surface area contributed by atoms with Crippen LogP contribution in [0, 0.1) is 0 Å². The lowest BCUT2D eigenvalue weighted by molar-refractivity contribution is -0.135. The molecule has 1 aliphatic rings. The molecule has 2 N–H and O–H groups in total. The Kier molecular flexibility index (Phi) is 5.73. The maximum absolute atomic E-state index is 11.8. The van der Waals surface area contributed by atoms with E-state index in [9.17, 15) is 4.79 Å².